The first kappa shape index (κ1) is 10.7. The van der Waals surface area contributed by atoms with Crippen LogP contribution in [0.1, 0.15) is 11.4 Å². The molecule has 0 radical (unpaired) electrons. The van der Waals surface area contributed by atoms with Crippen molar-refractivity contribution >= 4 is 10.9 Å². The van der Waals surface area contributed by atoms with Crippen LogP contribution in [-0.2, 0) is 0 Å². The Morgan fingerprint density at radius 1 is 1.17 bits per heavy atom. The largest absolute Gasteiger partial charge is 0.437 e. The van der Waals surface area contributed by atoms with Crippen LogP contribution in [0, 0.1) is 13.8 Å². The average molecular weight is 240 g/mol. The second kappa shape index (κ2) is 4.10. The predicted octanol–water partition coefficient (Wildman–Crippen LogP) is 2.76. The molecule has 0 amide bonds. The first-order chi connectivity index (χ1) is 8.72. The highest BCUT2D eigenvalue weighted by Gasteiger charge is 2.06. The van der Waals surface area contributed by atoms with E-state index >= 15 is 0 Å². The van der Waals surface area contributed by atoms with Crippen LogP contribution in [0.4, 0.5) is 0 Å². The van der Waals surface area contributed by atoms with E-state index in [1.165, 1.54) is 0 Å². The highest BCUT2D eigenvalue weighted by atomic mass is 16.5. The Bertz CT molecular complexity index is 705. The minimum atomic E-state index is 0.536. The molecule has 0 saturated heterocycles. The van der Waals surface area contributed by atoms with Gasteiger partial charge < -0.3 is 4.74 Å². The summed E-state index contributed by atoms with van der Waals surface area (Å²) in [5.74, 6) is 1.25. The van der Waals surface area contributed by atoms with Crippen molar-refractivity contribution in [2.75, 3.05) is 0 Å². The molecule has 0 aliphatic carbocycles. The summed E-state index contributed by atoms with van der Waals surface area (Å²) < 4.78 is 5.75. The SMILES string of the molecule is Cc1cnc(C)c(Oc2ccc3cn[nH]c3c2)n1. The third kappa shape index (κ3) is 1.90. The average Bonchev–Trinajstić information content (AvgIpc) is 2.81. The van der Waals surface area contributed by atoms with Crippen LogP contribution in [0.5, 0.6) is 11.6 Å². The molecule has 1 aromatic carbocycles. The molecule has 1 N–H and O–H groups in total. The minimum Gasteiger partial charge on any atom is -0.437 e. The molecule has 3 rings (SSSR count). The molecule has 90 valence electrons. The maximum absolute atomic E-state index is 5.75. The van der Waals surface area contributed by atoms with Crippen LogP contribution in [0.25, 0.3) is 10.9 Å². The number of aromatic amines is 1. The molecule has 0 aliphatic heterocycles. The van der Waals surface area contributed by atoms with Gasteiger partial charge in [-0.1, -0.05) is 0 Å². The Morgan fingerprint density at radius 2 is 2.06 bits per heavy atom. The van der Waals surface area contributed by atoms with Crippen molar-refractivity contribution in [2.24, 2.45) is 0 Å². The number of nitrogens with one attached hydrogen (secondary N) is 1. The summed E-state index contributed by atoms with van der Waals surface area (Å²) in [6.07, 6.45) is 3.50. The van der Waals surface area contributed by atoms with Gasteiger partial charge in [-0.05, 0) is 26.0 Å². The normalized spacial score (nSPS) is 10.8. The number of aromatic nitrogens is 4. The summed E-state index contributed by atoms with van der Waals surface area (Å²) in [5, 5.41) is 7.93. The van der Waals surface area contributed by atoms with Gasteiger partial charge in [0.1, 0.15) is 5.75 Å². The zero-order chi connectivity index (χ0) is 12.5. The quantitative estimate of drug-likeness (QED) is 0.748. The van der Waals surface area contributed by atoms with E-state index in [0.717, 1.165) is 28.0 Å². The maximum atomic E-state index is 5.75. The lowest BCUT2D eigenvalue weighted by Gasteiger charge is -2.07. The van der Waals surface area contributed by atoms with Gasteiger partial charge in [-0.15, -0.1) is 0 Å². The molecule has 0 atom stereocenters. The Kier molecular flexibility index (Phi) is 2.44. The van der Waals surface area contributed by atoms with Crippen LogP contribution in [0.15, 0.2) is 30.6 Å². The van der Waals surface area contributed by atoms with Gasteiger partial charge >= 0.3 is 0 Å². The number of nitrogens with zero attached hydrogens (tertiary/aromatic N) is 3. The van der Waals surface area contributed by atoms with Crippen LogP contribution in [0.3, 0.4) is 0 Å². The van der Waals surface area contributed by atoms with Crippen molar-refractivity contribution in [3.8, 4) is 11.6 Å². The van der Waals surface area contributed by atoms with Crippen molar-refractivity contribution in [3.05, 3.63) is 42.0 Å². The van der Waals surface area contributed by atoms with Crippen molar-refractivity contribution in [1.82, 2.24) is 20.2 Å². The lowest BCUT2D eigenvalue weighted by molar-refractivity contribution is 0.454. The van der Waals surface area contributed by atoms with E-state index in [0.29, 0.717) is 5.88 Å². The fourth-order valence-corrected chi connectivity index (χ4v) is 1.70. The van der Waals surface area contributed by atoms with Crippen LogP contribution in [0.2, 0.25) is 0 Å². The van der Waals surface area contributed by atoms with Crippen molar-refractivity contribution in [2.45, 2.75) is 13.8 Å². The number of aryl methyl sites for hydroxylation is 2. The number of benzene rings is 1. The highest BCUT2D eigenvalue weighted by Crippen LogP contribution is 2.24. The highest BCUT2D eigenvalue weighted by molar-refractivity contribution is 5.79. The second-order valence-electron chi connectivity index (χ2n) is 4.12. The van der Waals surface area contributed by atoms with Gasteiger partial charge in [0.05, 0.1) is 23.1 Å². The van der Waals surface area contributed by atoms with Gasteiger partial charge in [-0.2, -0.15) is 5.10 Å². The zero-order valence-electron chi connectivity index (χ0n) is 10.1. The first-order valence-electron chi connectivity index (χ1n) is 5.63. The second-order valence-corrected chi connectivity index (χ2v) is 4.12. The maximum Gasteiger partial charge on any atom is 0.241 e. The van der Waals surface area contributed by atoms with Crippen LogP contribution >= 0.6 is 0 Å². The summed E-state index contributed by atoms with van der Waals surface area (Å²) in [6.45, 7) is 3.76. The monoisotopic (exact) mass is 240 g/mol. The molecule has 5 nitrogen and oxygen atoms in total. The van der Waals surface area contributed by atoms with E-state index in [1.807, 2.05) is 32.0 Å². The number of fused-ring (bicyclic) bond motifs is 1. The van der Waals surface area contributed by atoms with E-state index in [9.17, 15) is 0 Å². The van der Waals surface area contributed by atoms with Gasteiger partial charge in [0, 0.05) is 17.6 Å². The summed E-state index contributed by atoms with van der Waals surface area (Å²) in [6, 6.07) is 5.74. The number of H-pyrrole nitrogens is 1. The molecule has 0 fully saturated rings. The third-order valence-electron chi connectivity index (χ3n) is 2.66. The minimum absolute atomic E-state index is 0.536. The van der Waals surface area contributed by atoms with Crippen LogP contribution in [-0.4, -0.2) is 20.2 Å². The fraction of sp³-hybridized carbons (Fsp3) is 0.154. The van der Waals surface area contributed by atoms with Gasteiger partial charge in [-0.3, -0.25) is 10.1 Å². The van der Waals surface area contributed by atoms with E-state index in [-0.39, 0.29) is 0 Å². The summed E-state index contributed by atoms with van der Waals surface area (Å²) >= 11 is 0. The van der Waals surface area contributed by atoms with E-state index in [1.54, 1.807) is 12.4 Å². The topological polar surface area (TPSA) is 63.7 Å². The smallest absolute Gasteiger partial charge is 0.241 e. The zero-order valence-corrected chi connectivity index (χ0v) is 10.1. The van der Waals surface area contributed by atoms with Gasteiger partial charge in [0.25, 0.3) is 0 Å². The van der Waals surface area contributed by atoms with Crippen molar-refractivity contribution < 1.29 is 4.74 Å². The Balaban J connectivity index is 1.97. The summed E-state index contributed by atoms with van der Waals surface area (Å²) in [5.41, 5.74) is 2.54. The van der Waals surface area contributed by atoms with Crippen LogP contribution < -0.4 is 4.74 Å². The van der Waals surface area contributed by atoms with Crippen molar-refractivity contribution in [3.63, 3.8) is 0 Å². The fourth-order valence-electron chi connectivity index (χ4n) is 1.70. The van der Waals surface area contributed by atoms with E-state index < -0.39 is 0 Å². The summed E-state index contributed by atoms with van der Waals surface area (Å²) in [4.78, 5) is 8.54. The Labute approximate surface area is 104 Å². The standard InChI is InChI=1S/C13H12N4O/c1-8-6-14-9(2)13(16-8)18-11-4-3-10-7-15-17-12(10)5-11/h3-7H,1-2H3,(H,15,17). The molecular weight excluding hydrogens is 228 g/mol. The number of rotatable bonds is 2. The molecule has 0 aliphatic rings. The molecular formula is C13H12N4O. The first-order valence-corrected chi connectivity index (χ1v) is 5.63. The molecule has 5 heteroatoms. The Hall–Kier alpha value is -2.43. The summed E-state index contributed by atoms with van der Waals surface area (Å²) in [7, 11) is 0. The lowest BCUT2D eigenvalue weighted by Crippen LogP contribution is -1.95. The molecule has 2 aromatic heterocycles. The van der Waals surface area contributed by atoms with Gasteiger partial charge in [-0.25, -0.2) is 4.98 Å². The number of hydrogen-bond acceptors (Lipinski definition) is 4. The number of hydrogen-bond donors (Lipinski definition) is 1. The van der Waals surface area contributed by atoms with Crippen molar-refractivity contribution in [1.29, 1.82) is 0 Å². The molecule has 0 bridgehead atoms. The molecule has 0 unspecified atom stereocenters. The van der Waals surface area contributed by atoms with E-state index in [2.05, 4.69) is 20.2 Å². The molecule has 0 spiro atoms. The molecule has 3 aromatic rings. The number of ether oxygens (including phenoxy) is 1. The Morgan fingerprint density at radius 3 is 2.94 bits per heavy atom. The predicted molar refractivity (Wildman–Crippen MR) is 67.7 cm³/mol. The van der Waals surface area contributed by atoms with E-state index in [4.69, 9.17) is 4.74 Å². The van der Waals surface area contributed by atoms with Gasteiger partial charge in [0.15, 0.2) is 0 Å². The third-order valence-corrected chi connectivity index (χ3v) is 2.66. The molecule has 18 heavy (non-hydrogen) atoms. The molecule has 0 saturated carbocycles. The molecule has 2 heterocycles. The lowest BCUT2D eigenvalue weighted by atomic mass is 10.2. The van der Waals surface area contributed by atoms with Gasteiger partial charge in [0.2, 0.25) is 5.88 Å².